The summed E-state index contributed by atoms with van der Waals surface area (Å²) in [6, 6.07) is 6.96. The highest BCUT2D eigenvalue weighted by Crippen LogP contribution is 2.29. The SMILES string of the molecule is CCC1CCCCC1OCc1ccc(C(=O)O)cc1. The van der Waals surface area contributed by atoms with Gasteiger partial charge in [0.25, 0.3) is 0 Å². The van der Waals surface area contributed by atoms with E-state index in [1.807, 2.05) is 12.1 Å². The van der Waals surface area contributed by atoms with Crippen LogP contribution in [-0.2, 0) is 11.3 Å². The molecule has 1 aliphatic rings. The third kappa shape index (κ3) is 3.80. The summed E-state index contributed by atoms with van der Waals surface area (Å²) < 4.78 is 6.03. The number of rotatable bonds is 5. The van der Waals surface area contributed by atoms with E-state index in [1.165, 1.54) is 25.7 Å². The molecular weight excluding hydrogens is 240 g/mol. The monoisotopic (exact) mass is 262 g/mol. The predicted octanol–water partition coefficient (Wildman–Crippen LogP) is 3.87. The minimum absolute atomic E-state index is 0.327. The highest BCUT2D eigenvalue weighted by atomic mass is 16.5. The second-order valence-electron chi connectivity index (χ2n) is 5.30. The zero-order valence-electron chi connectivity index (χ0n) is 11.5. The molecule has 3 heteroatoms. The molecule has 0 aliphatic heterocycles. The molecule has 104 valence electrons. The van der Waals surface area contributed by atoms with Crippen molar-refractivity contribution in [2.24, 2.45) is 5.92 Å². The van der Waals surface area contributed by atoms with E-state index < -0.39 is 5.97 Å². The van der Waals surface area contributed by atoms with E-state index in [0.717, 1.165) is 12.0 Å². The largest absolute Gasteiger partial charge is 0.478 e. The van der Waals surface area contributed by atoms with Crippen LogP contribution in [-0.4, -0.2) is 17.2 Å². The molecule has 0 heterocycles. The van der Waals surface area contributed by atoms with Gasteiger partial charge in [0.05, 0.1) is 18.3 Å². The number of benzene rings is 1. The molecule has 1 aromatic carbocycles. The second-order valence-corrected chi connectivity index (χ2v) is 5.30. The van der Waals surface area contributed by atoms with Crippen molar-refractivity contribution in [1.29, 1.82) is 0 Å². The van der Waals surface area contributed by atoms with E-state index in [0.29, 0.717) is 24.2 Å². The summed E-state index contributed by atoms with van der Waals surface area (Å²) >= 11 is 0. The van der Waals surface area contributed by atoms with Gasteiger partial charge in [-0.25, -0.2) is 4.79 Å². The second kappa shape index (κ2) is 6.71. The van der Waals surface area contributed by atoms with Crippen molar-refractivity contribution < 1.29 is 14.6 Å². The van der Waals surface area contributed by atoms with Crippen LogP contribution in [0.25, 0.3) is 0 Å². The summed E-state index contributed by atoms with van der Waals surface area (Å²) in [5.41, 5.74) is 1.37. The highest BCUT2D eigenvalue weighted by molar-refractivity contribution is 5.87. The Morgan fingerprint density at radius 2 is 1.95 bits per heavy atom. The molecule has 0 bridgehead atoms. The van der Waals surface area contributed by atoms with Gasteiger partial charge in [0, 0.05) is 0 Å². The Hall–Kier alpha value is -1.35. The Balaban J connectivity index is 1.88. The molecule has 1 saturated carbocycles. The maximum Gasteiger partial charge on any atom is 0.335 e. The average molecular weight is 262 g/mol. The van der Waals surface area contributed by atoms with E-state index in [9.17, 15) is 4.79 Å². The lowest BCUT2D eigenvalue weighted by Gasteiger charge is -2.30. The molecule has 1 aliphatic carbocycles. The van der Waals surface area contributed by atoms with Crippen LogP contribution >= 0.6 is 0 Å². The summed E-state index contributed by atoms with van der Waals surface area (Å²) in [7, 11) is 0. The van der Waals surface area contributed by atoms with Gasteiger partial charge in [-0.05, 0) is 36.5 Å². The number of ether oxygens (including phenoxy) is 1. The first-order valence-corrected chi connectivity index (χ1v) is 7.14. The summed E-state index contributed by atoms with van der Waals surface area (Å²) in [6.45, 7) is 2.81. The molecule has 0 saturated heterocycles. The maximum atomic E-state index is 10.8. The van der Waals surface area contributed by atoms with Crippen molar-refractivity contribution in [2.75, 3.05) is 0 Å². The van der Waals surface area contributed by atoms with E-state index in [2.05, 4.69) is 6.92 Å². The topological polar surface area (TPSA) is 46.5 Å². The Kier molecular flexibility index (Phi) is 4.97. The van der Waals surface area contributed by atoms with Crippen molar-refractivity contribution in [2.45, 2.75) is 51.7 Å². The lowest BCUT2D eigenvalue weighted by atomic mass is 9.85. The average Bonchev–Trinajstić information content (AvgIpc) is 2.45. The van der Waals surface area contributed by atoms with Crippen LogP contribution in [0.2, 0.25) is 0 Å². The fourth-order valence-corrected chi connectivity index (χ4v) is 2.81. The zero-order valence-corrected chi connectivity index (χ0v) is 11.5. The van der Waals surface area contributed by atoms with Crippen LogP contribution < -0.4 is 0 Å². The lowest BCUT2D eigenvalue weighted by molar-refractivity contribution is -0.0222. The number of carbonyl (C=O) groups is 1. The first kappa shape index (κ1) is 14.1. The molecule has 0 spiro atoms. The first-order chi connectivity index (χ1) is 9.20. The highest BCUT2D eigenvalue weighted by Gasteiger charge is 2.24. The molecule has 19 heavy (non-hydrogen) atoms. The third-order valence-electron chi connectivity index (χ3n) is 4.03. The summed E-state index contributed by atoms with van der Waals surface area (Å²) in [4.78, 5) is 10.8. The lowest BCUT2D eigenvalue weighted by Crippen LogP contribution is -2.27. The molecule has 3 nitrogen and oxygen atoms in total. The number of hydrogen-bond acceptors (Lipinski definition) is 2. The Morgan fingerprint density at radius 3 is 2.58 bits per heavy atom. The predicted molar refractivity (Wildman–Crippen MR) is 74.2 cm³/mol. The number of carboxylic acid groups (broad SMARTS) is 1. The Bertz CT molecular complexity index is 411. The van der Waals surface area contributed by atoms with Crippen LogP contribution in [0, 0.1) is 5.92 Å². The quantitative estimate of drug-likeness (QED) is 0.876. The van der Waals surface area contributed by atoms with Crippen molar-refractivity contribution in [3.05, 3.63) is 35.4 Å². The molecule has 0 radical (unpaired) electrons. The van der Waals surface area contributed by atoms with Gasteiger partial charge in [-0.1, -0.05) is 38.3 Å². The molecule has 2 atom stereocenters. The van der Waals surface area contributed by atoms with Gasteiger partial charge in [0.15, 0.2) is 0 Å². The number of aromatic carboxylic acids is 1. The van der Waals surface area contributed by atoms with Gasteiger partial charge >= 0.3 is 5.97 Å². The summed E-state index contributed by atoms with van der Waals surface area (Å²) in [5, 5.41) is 8.84. The van der Waals surface area contributed by atoms with Gasteiger partial charge in [0.1, 0.15) is 0 Å². The number of hydrogen-bond donors (Lipinski definition) is 1. The van der Waals surface area contributed by atoms with Crippen molar-refractivity contribution in [3.8, 4) is 0 Å². The minimum Gasteiger partial charge on any atom is -0.478 e. The van der Waals surface area contributed by atoms with Crippen molar-refractivity contribution >= 4 is 5.97 Å². The van der Waals surface area contributed by atoms with E-state index in [1.54, 1.807) is 12.1 Å². The van der Waals surface area contributed by atoms with Gasteiger partial charge in [0.2, 0.25) is 0 Å². The summed E-state index contributed by atoms with van der Waals surface area (Å²) in [6.07, 6.45) is 6.58. The molecule has 1 N–H and O–H groups in total. The van der Waals surface area contributed by atoms with Crippen LogP contribution in [0.15, 0.2) is 24.3 Å². The van der Waals surface area contributed by atoms with Crippen LogP contribution in [0.3, 0.4) is 0 Å². The maximum absolute atomic E-state index is 10.8. The Labute approximate surface area is 114 Å². The Morgan fingerprint density at radius 1 is 1.26 bits per heavy atom. The third-order valence-corrected chi connectivity index (χ3v) is 4.03. The normalized spacial score (nSPS) is 23.2. The van der Waals surface area contributed by atoms with Crippen molar-refractivity contribution in [3.63, 3.8) is 0 Å². The fourth-order valence-electron chi connectivity index (χ4n) is 2.81. The molecule has 0 aromatic heterocycles. The zero-order chi connectivity index (χ0) is 13.7. The fraction of sp³-hybridized carbons (Fsp3) is 0.562. The minimum atomic E-state index is -0.884. The van der Waals surface area contributed by atoms with Gasteiger partial charge in [-0.15, -0.1) is 0 Å². The van der Waals surface area contributed by atoms with Crippen LogP contribution in [0.1, 0.15) is 54.9 Å². The molecule has 2 unspecified atom stereocenters. The first-order valence-electron chi connectivity index (χ1n) is 7.14. The van der Waals surface area contributed by atoms with E-state index in [4.69, 9.17) is 9.84 Å². The van der Waals surface area contributed by atoms with Crippen LogP contribution in [0.4, 0.5) is 0 Å². The van der Waals surface area contributed by atoms with E-state index in [-0.39, 0.29) is 0 Å². The van der Waals surface area contributed by atoms with Gasteiger partial charge < -0.3 is 9.84 Å². The molecule has 1 fully saturated rings. The molecule has 2 rings (SSSR count). The summed E-state index contributed by atoms with van der Waals surface area (Å²) in [5.74, 6) is -0.196. The standard InChI is InChI=1S/C16H22O3/c1-2-13-5-3-4-6-15(13)19-11-12-7-9-14(10-8-12)16(17)18/h7-10,13,15H,2-6,11H2,1H3,(H,17,18). The number of carboxylic acids is 1. The van der Waals surface area contributed by atoms with Gasteiger partial charge in [-0.3, -0.25) is 0 Å². The molecular formula is C16H22O3. The van der Waals surface area contributed by atoms with Crippen molar-refractivity contribution in [1.82, 2.24) is 0 Å². The molecule has 0 amide bonds. The van der Waals surface area contributed by atoms with Gasteiger partial charge in [-0.2, -0.15) is 0 Å². The smallest absolute Gasteiger partial charge is 0.335 e. The van der Waals surface area contributed by atoms with Crippen LogP contribution in [0.5, 0.6) is 0 Å². The van der Waals surface area contributed by atoms with E-state index >= 15 is 0 Å². The molecule has 1 aromatic rings.